The first-order chi connectivity index (χ1) is 16.4. The molecule has 3 rings (SSSR count). The van der Waals surface area contributed by atoms with E-state index in [2.05, 4.69) is 53.3 Å². The SMILES string of the molecule is C/C=C\C(=C/C)C(CO)c1cccc(C)c1.Cc1cc(Nc2ccccc2)ncc1Cl.NC=O. The molecule has 0 bridgehead atoms. The van der Waals surface area contributed by atoms with Crippen molar-refractivity contribution in [1.29, 1.82) is 0 Å². The van der Waals surface area contributed by atoms with Crippen molar-refractivity contribution in [3.8, 4) is 0 Å². The number of allylic oxidation sites excluding steroid dienone is 3. The van der Waals surface area contributed by atoms with Crippen molar-refractivity contribution >= 4 is 29.5 Å². The molecule has 1 amide bonds. The second-order valence-electron chi connectivity index (χ2n) is 7.38. The number of rotatable bonds is 6. The molecule has 0 aliphatic carbocycles. The number of nitrogens with two attached hydrogens (primary N) is 1. The number of carbonyl (C=O) groups excluding carboxylic acids is 1. The third kappa shape index (κ3) is 10.0. The van der Waals surface area contributed by atoms with Gasteiger partial charge in [0.05, 0.1) is 11.6 Å². The van der Waals surface area contributed by atoms with Crippen LogP contribution in [0.2, 0.25) is 5.02 Å². The van der Waals surface area contributed by atoms with Crippen LogP contribution in [-0.4, -0.2) is 23.1 Å². The Morgan fingerprint density at radius 3 is 2.32 bits per heavy atom. The number of hydrogen-bond donors (Lipinski definition) is 3. The van der Waals surface area contributed by atoms with Crippen LogP contribution < -0.4 is 11.1 Å². The minimum absolute atomic E-state index is 0.0844. The van der Waals surface area contributed by atoms with Gasteiger partial charge in [0.1, 0.15) is 5.82 Å². The van der Waals surface area contributed by atoms with Crippen LogP contribution in [0.3, 0.4) is 0 Å². The van der Waals surface area contributed by atoms with E-state index < -0.39 is 0 Å². The Morgan fingerprint density at radius 2 is 1.79 bits per heavy atom. The summed E-state index contributed by atoms with van der Waals surface area (Å²) in [5.74, 6) is 0.893. The smallest absolute Gasteiger partial charge is 0.204 e. The van der Waals surface area contributed by atoms with Gasteiger partial charge in [0, 0.05) is 17.8 Å². The van der Waals surface area contributed by atoms with E-state index >= 15 is 0 Å². The number of benzene rings is 2. The molecular formula is C28H34ClN3O2. The summed E-state index contributed by atoms with van der Waals surface area (Å²) in [6.07, 6.45) is 8.03. The zero-order valence-electron chi connectivity index (χ0n) is 20.2. The van der Waals surface area contributed by atoms with Crippen LogP contribution in [-0.2, 0) is 4.79 Å². The van der Waals surface area contributed by atoms with Crippen molar-refractivity contribution in [3.05, 3.63) is 112 Å². The molecule has 1 unspecified atom stereocenters. The van der Waals surface area contributed by atoms with E-state index in [1.807, 2.05) is 69.3 Å². The Balaban J connectivity index is 0.000000305. The average molecular weight is 480 g/mol. The van der Waals surface area contributed by atoms with E-state index in [4.69, 9.17) is 16.4 Å². The maximum absolute atomic E-state index is 9.52. The third-order valence-electron chi connectivity index (χ3n) is 4.82. The lowest BCUT2D eigenvalue weighted by Gasteiger charge is -2.16. The number of hydrogen-bond acceptors (Lipinski definition) is 4. The van der Waals surface area contributed by atoms with Gasteiger partial charge in [-0.25, -0.2) is 4.98 Å². The van der Waals surface area contributed by atoms with Crippen molar-refractivity contribution in [1.82, 2.24) is 4.98 Å². The molecule has 0 aliphatic heterocycles. The van der Waals surface area contributed by atoms with E-state index in [1.165, 1.54) is 11.1 Å². The van der Waals surface area contributed by atoms with Crippen molar-refractivity contribution < 1.29 is 9.90 Å². The quantitative estimate of drug-likeness (QED) is 0.279. The number of carbonyl (C=O) groups is 1. The molecule has 1 atom stereocenters. The van der Waals surface area contributed by atoms with Gasteiger partial charge >= 0.3 is 0 Å². The fraction of sp³-hybridized carbons (Fsp3) is 0.214. The van der Waals surface area contributed by atoms with E-state index in [9.17, 15) is 5.11 Å². The summed E-state index contributed by atoms with van der Waals surface area (Å²) < 4.78 is 0. The first-order valence-corrected chi connectivity index (χ1v) is 11.3. The van der Waals surface area contributed by atoms with Crippen LogP contribution in [0.5, 0.6) is 0 Å². The van der Waals surface area contributed by atoms with Gasteiger partial charge in [-0.05, 0) is 62.6 Å². The first-order valence-electron chi connectivity index (χ1n) is 11.0. The van der Waals surface area contributed by atoms with Crippen molar-refractivity contribution in [2.75, 3.05) is 11.9 Å². The van der Waals surface area contributed by atoms with Crippen molar-refractivity contribution in [2.24, 2.45) is 5.73 Å². The van der Waals surface area contributed by atoms with Gasteiger partial charge in [0.25, 0.3) is 0 Å². The average Bonchev–Trinajstić information content (AvgIpc) is 2.83. The molecule has 0 saturated carbocycles. The maximum Gasteiger partial charge on any atom is 0.204 e. The highest BCUT2D eigenvalue weighted by molar-refractivity contribution is 6.31. The lowest BCUT2D eigenvalue weighted by Crippen LogP contribution is -2.06. The van der Waals surface area contributed by atoms with Gasteiger partial charge in [-0.1, -0.05) is 77.9 Å². The second kappa shape index (κ2) is 16.2. The molecule has 6 heteroatoms. The Labute approximate surface area is 208 Å². The zero-order chi connectivity index (χ0) is 25.3. The molecule has 4 N–H and O–H groups in total. The lowest BCUT2D eigenvalue weighted by atomic mass is 9.90. The third-order valence-corrected chi connectivity index (χ3v) is 5.21. The van der Waals surface area contributed by atoms with Crippen LogP contribution in [0, 0.1) is 13.8 Å². The molecule has 1 aromatic heterocycles. The van der Waals surface area contributed by atoms with E-state index in [1.54, 1.807) is 6.20 Å². The van der Waals surface area contributed by atoms with Gasteiger partial charge in [0.15, 0.2) is 0 Å². The molecule has 0 radical (unpaired) electrons. The number of para-hydroxylation sites is 1. The van der Waals surface area contributed by atoms with Gasteiger partial charge in [-0.3, -0.25) is 4.79 Å². The molecule has 3 aromatic rings. The van der Waals surface area contributed by atoms with Crippen LogP contribution >= 0.6 is 11.6 Å². The number of halogens is 1. The Morgan fingerprint density at radius 1 is 1.12 bits per heavy atom. The van der Waals surface area contributed by atoms with Crippen LogP contribution in [0.4, 0.5) is 11.5 Å². The van der Waals surface area contributed by atoms with Crippen LogP contribution in [0.25, 0.3) is 0 Å². The summed E-state index contributed by atoms with van der Waals surface area (Å²) in [6, 6.07) is 20.2. The predicted octanol–water partition coefficient (Wildman–Crippen LogP) is 6.48. The predicted molar refractivity (Wildman–Crippen MR) is 144 cm³/mol. The van der Waals surface area contributed by atoms with Crippen LogP contribution in [0.15, 0.2) is 90.7 Å². The second-order valence-corrected chi connectivity index (χ2v) is 7.79. The zero-order valence-corrected chi connectivity index (χ0v) is 21.0. The molecule has 180 valence electrons. The minimum Gasteiger partial charge on any atom is -0.395 e. The molecule has 0 spiro atoms. The minimum atomic E-state index is 0.0844. The normalized spacial score (nSPS) is 11.5. The molecule has 1 heterocycles. The largest absolute Gasteiger partial charge is 0.395 e. The molecule has 5 nitrogen and oxygen atoms in total. The number of aliphatic hydroxyl groups is 1. The molecule has 2 aromatic carbocycles. The summed E-state index contributed by atoms with van der Waals surface area (Å²) in [4.78, 5) is 12.8. The molecule has 0 saturated heterocycles. The van der Waals surface area contributed by atoms with Gasteiger partial charge in [0.2, 0.25) is 6.41 Å². The van der Waals surface area contributed by atoms with Gasteiger partial charge < -0.3 is 16.2 Å². The Bertz CT molecular complexity index is 1070. The van der Waals surface area contributed by atoms with Crippen LogP contribution in [0.1, 0.15) is 36.5 Å². The van der Waals surface area contributed by atoms with E-state index in [0.29, 0.717) is 5.02 Å². The van der Waals surface area contributed by atoms with E-state index in [-0.39, 0.29) is 18.9 Å². The number of primary amides is 1. The monoisotopic (exact) mass is 479 g/mol. The number of aryl methyl sites for hydroxylation is 2. The summed E-state index contributed by atoms with van der Waals surface area (Å²) in [5, 5.41) is 13.4. The Hall–Kier alpha value is -3.41. The molecule has 0 fully saturated rings. The van der Waals surface area contributed by atoms with Crippen molar-refractivity contribution in [3.63, 3.8) is 0 Å². The highest BCUT2D eigenvalue weighted by atomic mass is 35.5. The number of anilines is 2. The number of nitrogens with zero attached hydrogens (tertiary/aromatic N) is 1. The first kappa shape index (κ1) is 28.6. The summed E-state index contributed by atoms with van der Waals surface area (Å²) in [7, 11) is 0. The van der Waals surface area contributed by atoms with E-state index in [0.717, 1.165) is 22.6 Å². The number of aliphatic hydroxyl groups excluding tert-OH is 1. The fourth-order valence-electron chi connectivity index (χ4n) is 3.17. The topological polar surface area (TPSA) is 88.2 Å². The van der Waals surface area contributed by atoms with Crippen molar-refractivity contribution in [2.45, 2.75) is 33.6 Å². The molecular weight excluding hydrogens is 446 g/mol. The number of aromatic nitrogens is 1. The Kier molecular flexibility index (Phi) is 13.7. The number of amides is 1. The number of pyridine rings is 1. The van der Waals surface area contributed by atoms with Gasteiger partial charge in [-0.2, -0.15) is 0 Å². The lowest BCUT2D eigenvalue weighted by molar-refractivity contribution is -0.106. The highest BCUT2D eigenvalue weighted by Gasteiger charge is 2.13. The highest BCUT2D eigenvalue weighted by Crippen LogP contribution is 2.25. The number of nitrogens with one attached hydrogen (secondary N) is 1. The van der Waals surface area contributed by atoms with Gasteiger partial charge in [-0.15, -0.1) is 0 Å². The summed E-state index contributed by atoms with van der Waals surface area (Å²) in [6.45, 7) is 8.18. The molecule has 0 aliphatic rings. The summed E-state index contributed by atoms with van der Waals surface area (Å²) >= 11 is 5.89. The maximum atomic E-state index is 9.52. The molecule has 34 heavy (non-hydrogen) atoms. The standard InChI is InChI=1S/C15H20O.C12H11ClN2.CH3NO/c1-4-7-13(5-2)15(11-16)14-9-6-8-12(3)10-14;1-9-7-12(14-8-11(9)13)15-10-5-3-2-4-6-10;2-1-3/h4-10,15-16H,11H2,1-3H3;2-8H,1H3,(H,14,15);1H,(H2,2,3)/b7-4-,13-5+;;. The fourth-order valence-corrected chi connectivity index (χ4v) is 3.28. The summed E-state index contributed by atoms with van der Waals surface area (Å²) in [5.41, 5.74) is 9.77.